The monoisotopic (exact) mass is 268 g/mol. The molecule has 1 aliphatic carbocycles. The molecule has 1 spiro atoms. The second kappa shape index (κ2) is 7.25. The lowest BCUT2D eigenvalue weighted by atomic mass is 9.78. The van der Waals surface area contributed by atoms with E-state index in [9.17, 15) is 4.79 Å². The summed E-state index contributed by atoms with van der Waals surface area (Å²) in [4.78, 5) is 10.7. The van der Waals surface area contributed by atoms with Crippen molar-refractivity contribution in [2.45, 2.75) is 75.9 Å². The lowest BCUT2D eigenvalue weighted by molar-refractivity contribution is -0.118. The molecule has 4 nitrogen and oxygen atoms in total. The molecule has 110 valence electrons. The number of hydrogen-bond donors (Lipinski definition) is 2. The predicted molar refractivity (Wildman–Crippen MR) is 75.8 cm³/mol. The molecule has 1 saturated carbocycles. The molecule has 0 aromatic heterocycles. The molecule has 1 unspecified atom stereocenters. The zero-order chi connectivity index (χ0) is 13.6. The molecule has 1 atom stereocenters. The number of unbranched alkanes of at least 4 members (excludes halogenated alkanes) is 1. The van der Waals surface area contributed by atoms with Crippen molar-refractivity contribution in [1.82, 2.24) is 5.32 Å². The van der Waals surface area contributed by atoms with Gasteiger partial charge in [-0.25, -0.2) is 0 Å². The van der Waals surface area contributed by atoms with Crippen molar-refractivity contribution in [3.05, 3.63) is 0 Å². The van der Waals surface area contributed by atoms with Gasteiger partial charge in [0.2, 0.25) is 5.91 Å². The van der Waals surface area contributed by atoms with Gasteiger partial charge in [-0.2, -0.15) is 0 Å². The molecular weight excluding hydrogens is 240 g/mol. The summed E-state index contributed by atoms with van der Waals surface area (Å²) in [5.74, 6) is -0.188. The van der Waals surface area contributed by atoms with Crippen LogP contribution < -0.4 is 11.1 Å². The quantitative estimate of drug-likeness (QED) is 0.725. The first-order valence-corrected chi connectivity index (χ1v) is 7.86. The van der Waals surface area contributed by atoms with Crippen molar-refractivity contribution in [2.24, 2.45) is 5.73 Å². The van der Waals surface area contributed by atoms with Gasteiger partial charge in [-0.1, -0.05) is 19.3 Å². The highest BCUT2D eigenvalue weighted by atomic mass is 16.5. The van der Waals surface area contributed by atoms with Gasteiger partial charge in [0, 0.05) is 19.1 Å². The maximum Gasteiger partial charge on any atom is 0.217 e. The average Bonchev–Trinajstić information content (AvgIpc) is 2.39. The third kappa shape index (κ3) is 4.77. The van der Waals surface area contributed by atoms with Crippen molar-refractivity contribution >= 4 is 5.91 Å². The van der Waals surface area contributed by atoms with Gasteiger partial charge in [0.15, 0.2) is 0 Å². The Bertz CT molecular complexity index is 282. The molecule has 1 aliphatic heterocycles. The Morgan fingerprint density at radius 2 is 2.05 bits per heavy atom. The van der Waals surface area contributed by atoms with Crippen LogP contribution in [0.2, 0.25) is 0 Å². The fraction of sp³-hybridized carbons (Fsp3) is 0.933. The molecule has 2 fully saturated rings. The van der Waals surface area contributed by atoms with Gasteiger partial charge in [0.25, 0.3) is 0 Å². The molecule has 0 aromatic carbocycles. The van der Waals surface area contributed by atoms with Crippen LogP contribution >= 0.6 is 0 Å². The summed E-state index contributed by atoms with van der Waals surface area (Å²) in [5.41, 5.74) is 5.32. The number of carbonyl (C=O) groups excluding carboxylic acids is 1. The van der Waals surface area contributed by atoms with Crippen LogP contribution in [-0.2, 0) is 9.53 Å². The van der Waals surface area contributed by atoms with E-state index in [1.165, 1.54) is 38.5 Å². The summed E-state index contributed by atoms with van der Waals surface area (Å²) >= 11 is 0. The zero-order valence-electron chi connectivity index (χ0n) is 12.0. The van der Waals surface area contributed by atoms with Gasteiger partial charge < -0.3 is 15.8 Å². The molecule has 19 heavy (non-hydrogen) atoms. The molecule has 2 rings (SSSR count). The molecule has 0 aromatic rings. The fourth-order valence-electron chi connectivity index (χ4n) is 3.48. The second-order valence-corrected chi connectivity index (χ2v) is 6.16. The van der Waals surface area contributed by atoms with Crippen LogP contribution in [0.4, 0.5) is 0 Å². The van der Waals surface area contributed by atoms with E-state index in [0.29, 0.717) is 12.5 Å². The van der Waals surface area contributed by atoms with Crippen LogP contribution in [0, 0.1) is 0 Å². The highest BCUT2D eigenvalue weighted by molar-refractivity contribution is 5.73. The number of amides is 1. The Kier molecular flexibility index (Phi) is 5.64. The summed E-state index contributed by atoms with van der Waals surface area (Å²) in [6.45, 7) is 1.90. The van der Waals surface area contributed by atoms with Crippen LogP contribution in [0.1, 0.15) is 64.2 Å². The van der Waals surface area contributed by atoms with Crippen LogP contribution in [0.25, 0.3) is 0 Å². The molecule has 1 saturated heterocycles. The number of carbonyl (C=O) groups is 1. The fourth-order valence-corrected chi connectivity index (χ4v) is 3.48. The summed E-state index contributed by atoms with van der Waals surface area (Å²) in [5, 5.41) is 3.63. The van der Waals surface area contributed by atoms with Gasteiger partial charge in [0.1, 0.15) is 0 Å². The van der Waals surface area contributed by atoms with Gasteiger partial charge in [-0.05, 0) is 45.1 Å². The minimum atomic E-state index is -0.188. The Balaban J connectivity index is 1.65. The SMILES string of the molecule is NC(=O)CCCCNC1CCOC2(CCCCC2)C1. The number of ether oxygens (including phenoxy) is 1. The molecule has 1 amide bonds. The van der Waals surface area contributed by atoms with E-state index in [2.05, 4.69) is 5.32 Å². The Hall–Kier alpha value is -0.610. The minimum absolute atomic E-state index is 0.182. The number of nitrogens with two attached hydrogens (primary N) is 1. The first kappa shape index (κ1) is 14.8. The summed E-state index contributed by atoms with van der Waals surface area (Å²) in [6, 6.07) is 0.598. The van der Waals surface area contributed by atoms with Gasteiger partial charge in [-0.3, -0.25) is 4.79 Å². The first-order valence-electron chi connectivity index (χ1n) is 7.86. The van der Waals surface area contributed by atoms with Crippen molar-refractivity contribution in [3.63, 3.8) is 0 Å². The summed E-state index contributed by atoms with van der Waals surface area (Å²) in [7, 11) is 0. The lowest BCUT2D eigenvalue weighted by Crippen LogP contribution is -2.48. The maximum absolute atomic E-state index is 10.7. The zero-order valence-corrected chi connectivity index (χ0v) is 12.0. The smallest absolute Gasteiger partial charge is 0.217 e. The van der Waals surface area contributed by atoms with Crippen molar-refractivity contribution in [2.75, 3.05) is 13.2 Å². The van der Waals surface area contributed by atoms with E-state index in [1.54, 1.807) is 0 Å². The second-order valence-electron chi connectivity index (χ2n) is 6.16. The topological polar surface area (TPSA) is 64.4 Å². The largest absolute Gasteiger partial charge is 0.375 e. The van der Waals surface area contributed by atoms with E-state index < -0.39 is 0 Å². The molecular formula is C15H28N2O2. The van der Waals surface area contributed by atoms with E-state index in [1.807, 2.05) is 0 Å². The maximum atomic E-state index is 10.7. The van der Waals surface area contributed by atoms with Gasteiger partial charge in [0.05, 0.1) is 5.60 Å². The number of nitrogens with one attached hydrogen (secondary N) is 1. The van der Waals surface area contributed by atoms with E-state index in [4.69, 9.17) is 10.5 Å². The molecule has 0 radical (unpaired) electrons. The van der Waals surface area contributed by atoms with E-state index in [0.717, 1.165) is 32.4 Å². The lowest BCUT2D eigenvalue weighted by Gasteiger charge is -2.43. The summed E-state index contributed by atoms with van der Waals surface area (Å²) < 4.78 is 6.09. The van der Waals surface area contributed by atoms with Crippen LogP contribution in [0.5, 0.6) is 0 Å². The Morgan fingerprint density at radius 3 is 2.79 bits per heavy atom. The van der Waals surface area contributed by atoms with Crippen molar-refractivity contribution in [3.8, 4) is 0 Å². The van der Waals surface area contributed by atoms with Gasteiger partial charge >= 0.3 is 0 Å². The Morgan fingerprint density at radius 1 is 1.26 bits per heavy atom. The van der Waals surface area contributed by atoms with Gasteiger partial charge in [-0.15, -0.1) is 0 Å². The van der Waals surface area contributed by atoms with Crippen LogP contribution in [0.15, 0.2) is 0 Å². The standard InChI is InChI=1S/C15H28N2O2/c16-14(18)6-2-5-10-17-13-7-11-19-15(12-13)8-3-1-4-9-15/h13,17H,1-12H2,(H2,16,18). The first-order chi connectivity index (χ1) is 9.20. The normalized spacial score (nSPS) is 26.4. The van der Waals surface area contributed by atoms with Crippen LogP contribution in [0.3, 0.4) is 0 Å². The summed E-state index contributed by atoms with van der Waals surface area (Å²) in [6.07, 6.45) is 11.2. The van der Waals surface area contributed by atoms with Crippen LogP contribution in [-0.4, -0.2) is 30.7 Å². The van der Waals surface area contributed by atoms with E-state index >= 15 is 0 Å². The molecule has 0 bridgehead atoms. The number of rotatable bonds is 6. The third-order valence-electron chi connectivity index (χ3n) is 4.54. The molecule has 4 heteroatoms. The van der Waals surface area contributed by atoms with E-state index in [-0.39, 0.29) is 11.5 Å². The number of primary amides is 1. The third-order valence-corrected chi connectivity index (χ3v) is 4.54. The molecule has 3 N–H and O–H groups in total. The average molecular weight is 268 g/mol. The van der Waals surface area contributed by atoms with Crippen molar-refractivity contribution < 1.29 is 9.53 Å². The molecule has 2 aliphatic rings. The van der Waals surface area contributed by atoms with Crippen molar-refractivity contribution in [1.29, 1.82) is 0 Å². The predicted octanol–water partition coefficient (Wildman–Crippen LogP) is 2.11. The molecule has 1 heterocycles. The minimum Gasteiger partial charge on any atom is -0.375 e. The highest BCUT2D eigenvalue weighted by Crippen LogP contribution is 2.38. The highest BCUT2D eigenvalue weighted by Gasteiger charge is 2.38. The number of hydrogen-bond acceptors (Lipinski definition) is 3. The Labute approximate surface area is 116 Å².